The van der Waals surface area contributed by atoms with Crippen molar-refractivity contribution in [3.8, 4) is 11.1 Å². The minimum absolute atomic E-state index is 0.0663. The number of halogens is 1. The average molecular weight is 350 g/mol. The first-order valence-corrected chi connectivity index (χ1v) is 8.11. The molecule has 1 aliphatic rings. The zero-order valence-corrected chi connectivity index (χ0v) is 13.6. The molecule has 130 valence electrons. The summed E-state index contributed by atoms with van der Waals surface area (Å²) in [5, 5.41) is 9.59. The molecule has 0 saturated heterocycles. The summed E-state index contributed by atoms with van der Waals surface area (Å²) in [5.74, 6) is -0.856. The van der Waals surface area contributed by atoms with Crippen LogP contribution in [0.4, 0.5) is 15.9 Å². The van der Waals surface area contributed by atoms with E-state index in [4.69, 9.17) is 0 Å². The molecule has 26 heavy (non-hydrogen) atoms. The Kier molecular flexibility index (Phi) is 3.96. The van der Waals surface area contributed by atoms with Crippen molar-refractivity contribution in [2.75, 3.05) is 10.6 Å². The maximum absolute atomic E-state index is 13.8. The van der Waals surface area contributed by atoms with E-state index in [1.54, 1.807) is 12.3 Å². The predicted molar refractivity (Wildman–Crippen MR) is 95.0 cm³/mol. The summed E-state index contributed by atoms with van der Waals surface area (Å²) in [5.41, 5.74) is 1.67. The summed E-state index contributed by atoms with van der Waals surface area (Å²) >= 11 is 0. The van der Waals surface area contributed by atoms with Gasteiger partial charge in [0.25, 0.3) is 0 Å². The largest absolute Gasteiger partial charge is 0.322 e. The van der Waals surface area contributed by atoms with Crippen molar-refractivity contribution < 1.29 is 14.0 Å². The number of aromatic nitrogens is 2. The summed E-state index contributed by atoms with van der Waals surface area (Å²) < 4.78 is 15.3. The third-order valence-corrected chi connectivity index (χ3v) is 4.25. The highest BCUT2D eigenvalue weighted by molar-refractivity contribution is 6.03. The summed E-state index contributed by atoms with van der Waals surface area (Å²) in [6.45, 7) is 0. The Morgan fingerprint density at radius 1 is 1.15 bits per heavy atom. The predicted octanol–water partition coefficient (Wildman–Crippen LogP) is 3.21. The number of carbonyl (C=O) groups excluding carboxylic acids is 2. The van der Waals surface area contributed by atoms with Gasteiger partial charge in [0, 0.05) is 5.56 Å². The number of anilines is 2. The van der Waals surface area contributed by atoms with Gasteiger partial charge in [-0.1, -0.05) is 42.5 Å². The van der Waals surface area contributed by atoms with E-state index >= 15 is 0 Å². The van der Waals surface area contributed by atoms with Crippen LogP contribution >= 0.6 is 0 Å². The Balaban J connectivity index is 1.68. The number of benzene rings is 2. The van der Waals surface area contributed by atoms with Gasteiger partial charge in [-0.05, 0) is 17.7 Å². The standard InChI is InChI=1S/C19H15FN4O2/c20-14-8-4-5-9-15(14)22-19(26)16-10-17(25)23-18-13(11-21-24(16)18)12-6-2-1-3-7-12/h1-9,11,16H,10H2,(H,22,26)(H,23,25)/t16-/m1/s1. The fourth-order valence-corrected chi connectivity index (χ4v) is 2.98. The van der Waals surface area contributed by atoms with Crippen molar-refractivity contribution in [2.45, 2.75) is 12.5 Å². The van der Waals surface area contributed by atoms with Crippen molar-refractivity contribution in [3.63, 3.8) is 0 Å². The molecule has 3 aromatic rings. The SMILES string of the molecule is O=C1C[C@H](C(=O)Nc2ccccc2F)n2ncc(-c3ccccc3)c2N1. The van der Waals surface area contributed by atoms with Crippen LogP contribution < -0.4 is 10.6 Å². The van der Waals surface area contributed by atoms with Gasteiger partial charge in [-0.2, -0.15) is 5.10 Å². The molecular weight excluding hydrogens is 335 g/mol. The number of carbonyl (C=O) groups is 2. The molecule has 0 aliphatic carbocycles. The van der Waals surface area contributed by atoms with Gasteiger partial charge in [-0.15, -0.1) is 0 Å². The van der Waals surface area contributed by atoms with E-state index in [-0.39, 0.29) is 18.0 Å². The lowest BCUT2D eigenvalue weighted by Gasteiger charge is -2.24. The van der Waals surface area contributed by atoms with Gasteiger partial charge in [0.05, 0.1) is 18.3 Å². The third kappa shape index (κ3) is 2.83. The van der Waals surface area contributed by atoms with E-state index in [1.807, 2.05) is 30.3 Å². The van der Waals surface area contributed by atoms with Crippen LogP contribution in [0.3, 0.4) is 0 Å². The summed E-state index contributed by atoms with van der Waals surface area (Å²) in [6, 6.07) is 14.5. The lowest BCUT2D eigenvalue weighted by atomic mass is 10.1. The van der Waals surface area contributed by atoms with Gasteiger partial charge in [-0.25, -0.2) is 9.07 Å². The molecule has 1 atom stereocenters. The molecule has 0 saturated carbocycles. The lowest BCUT2D eigenvalue weighted by Crippen LogP contribution is -2.36. The topological polar surface area (TPSA) is 76.0 Å². The van der Waals surface area contributed by atoms with Gasteiger partial charge < -0.3 is 10.6 Å². The van der Waals surface area contributed by atoms with Gasteiger partial charge in [0.15, 0.2) is 0 Å². The van der Waals surface area contributed by atoms with Gasteiger partial charge in [-0.3, -0.25) is 9.59 Å². The highest BCUT2D eigenvalue weighted by Crippen LogP contribution is 2.34. The summed E-state index contributed by atoms with van der Waals surface area (Å²) in [6.07, 6.45) is 1.54. The number of fused-ring (bicyclic) bond motifs is 1. The minimum atomic E-state index is -0.851. The van der Waals surface area contributed by atoms with Crippen molar-refractivity contribution in [2.24, 2.45) is 0 Å². The third-order valence-electron chi connectivity index (χ3n) is 4.25. The number of hydrogen-bond acceptors (Lipinski definition) is 3. The average Bonchev–Trinajstić information content (AvgIpc) is 3.07. The minimum Gasteiger partial charge on any atom is -0.322 e. The van der Waals surface area contributed by atoms with Gasteiger partial charge in [0.2, 0.25) is 11.8 Å². The van der Waals surface area contributed by atoms with Crippen LogP contribution in [0.15, 0.2) is 60.8 Å². The van der Waals surface area contributed by atoms with Crippen LogP contribution in [0, 0.1) is 5.82 Å². The first-order chi connectivity index (χ1) is 12.6. The number of nitrogens with zero attached hydrogens (tertiary/aromatic N) is 2. The number of para-hydroxylation sites is 1. The van der Waals surface area contributed by atoms with Gasteiger partial charge in [0.1, 0.15) is 17.7 Å². The number of hydrogen-bond donors (Lipinski definition) is 2. The zero-order chi connectivity index (χ0) is 18.1. The lowest BCUT2D eigenvalue weighted by molar-refractivity contribution is -0.125. The Hall–Kier alpha value is -3.48. The molecule has 2 heterocycles. The molecule has 0 bridgehead atoms. The van der Waals surface area contributed by atoms with Crippen molar-refractivity contribution in [3.05, 3.63) is 66.6 Å². The smallest absolute Gasteiger partial charge is 0.249 e. The Morgan fingerprint density at radius 2 is 1.88 bits per heavy atom. The quantitative estimate of drug-likeness (QED) is 0.762. The second-order valence-electron chi connectivity index (χ2n) is 5.95. The number of amides is 2. The number of nitrogens with one attached hydrogen (secondary N) is 2. The molecule has 0 fully saturated rings. The fourth-order valence-electron chi connectivity index (χ4n) is 2.98. The van der Waals surface area contributed by atoms with E-state index in [9.17, 15) is 14.0 Å². The van der Waals surface area contributed by atoms with Crippen LogP contribution in [0.2, 0.25) is 0 Å². The molecule has 0 radical (unpaired) electrons. The van der Waals surface area contributed by atoms with E-state index in [0.717, 1.165) is 11.1 Å². The molecular formula is C19H15FN4O2. The molecule has 0 spiro atoms. The van der Waals surface area contributed by atoms with Gasteiger partial charge >= 0.3 is 0 Å². The molecule has 6 nitrogen and oxygen atoms in total. The molecule has 2 amide bonds. The molecule has 7 heteroatoms. The molecule has 1 aliphatic heterocycles. The Labute approximate surface area is 148 Å². The van der Waals surface area contributed by atoms with Crippen LogP contribution in [0.1, 0.15) is 12.5 Å². The first kappa shape index (κ1) is 16.0. The first-order valence-electron chi connectivity index (χ1n) is 8.11. The second-order valence-corrected chi connectivity index (χ2v) is 5.95. The maximum Gasteiger partial charge on any atom is 0.249 e. The molecule has 2 N–H and O–H groups in total. The second kappa shape index (κ2) is 6.44. The van der Waals surface area contributed by atoms with Crippen LogP contribution in [0.5, 0.6) is 0 Å². The van der Waals surface area contributed by atoms with E-state index in [0.29, 0.717) is 5.82 Å². The van der Waals surface area contributed by atoms with Crippen molar-refractivity contribution in [1.29, 1.82) is 0 Å². The molecule has 4 rings (SSSR count). The highest BCUT2D eigenvalue weighted by atomic mass is 19.1. The summed E-state index contributed by atoms with van der Waals surface area (Å²) in [7, 11) is 0. The van der Waals surface area contributed by atoms with E-state index in [2.05, 4.69) is 15.7 Å². The van der Waals surface area contributed by atoms with Crippen molar-refractivity contribution in [1.82, 2.24) is 9.78 Å². The highest BCUT2D eigenvalue weighted by Gasteiger charge is 2.33. The monoisotopic (exact) mass is 350 g/mol. The van der Waals surface area contributed by atoms with E-state index in [1.165, 1.54) is 22.9 Å². The van der Waals surface area contributed by atoms with Crippen LogP contribution in [-0.4, -0.2) is 21.6 Å². The number of rotatable bonds is 3. The maximum atomic E-state index is 13.8. The van der Waals surface area contributed by atoms with Crippen LogP contribution in [-0.2, 0) is 9.59 Å². The Bertz CT molecular complexity index is 984. The summed E-state index contributed by atoms with van der Waals surface area (Å²) in [4.78, 5) is 24.8. The van der Waals surface area contributed by atoms with Crippen LogP contribution in [0.25, 0.3) is 11.1 Å². The Morgan fingerprint density at radius 3 is 2.65 bits per heavy atom. The fraction of sp³-hybridized carbons (Fsp3) is 0.105. The van der Waals surface area contributed by atoms with E-state index < -0.39 is 17.8 Å². The van der Waals surface area contributed by atoms with Crippen molar-refractivity contribution >= 4 is 23.3 Å². The zero-order valence-electron chi connectivity index (χ0n) is 13.6. The normalized spacial score (nSPS) is 15.9. The molecule has 1 aromatic heterocycles. The molecule has 0 unspecified atom stereocenters. The molecule has 2 aromatic carbocycles.